The third-order valence-corrected chi connectivity index (χ3v) is 4.91. The second-order valence-corrected chi connectivity index (χ2v) is 6.58. The quantitative estimate of drug-likeness (QED) is 0.866. The molecule has 2 amide bonds. The van der Waals surface area contributed by atoms with Gasteiger partial charge in [0.25, 0.3) is 0 Å². The molecule has 0 bridgehead atoms. The fourth-order valence-electron chi connectivity index (χ4n) is 3.63. The summed E-state index contributed by atoms with van der Waals surface area (Å²) >= 11 is 0. The average molecular weight is 317 g/mol. The van der Waals surface area contributed by atoms with Crippen LogP contribution in [0.3, 0.4) is 0 Å². The summed E-state index contributed by atoms with van der Waals surface area (Å²) in [5.74, 6) is 0.932. The first-order valence-corrected chi connectivity index (χ1v) is 8.61. The first kappa shape index (κ1) is 16.1. The first-order chi connectivity index (χ1) is 11.1. The molecule has 0 spiro atoms. The molecule has 5 nitrogen and oxygen atoms in total. The van der Waals surface area contributed by atoms with Crippen LogP contribution in [0.25, 0.3) is 0 Å². The number of ether oxygens (including phenoxy) is 1. The number of hydrogen-bond acceptors (Lipinski definition) is 3. The van der Waals surface area contributed by atoms with Crippen molar-refractivity contribution < 1.29 is 9.53 Å². The molecule has 2 saturated heterocycles. The summed E-state index contributed by atoms with van der Waals surface area (Å²) in [6, 6.07) is 6.73. The summed E-state index contributed by atoms with van der Waals surface area (Å²) in [5, 5.41) is 2.98. The number of rotatable bonds is 4. The van der Waals surface area contributed by atoms with Gasteiger partial charge >= 0.3 is 6.03 Å². The number of aryl methyl sites for hydroxylation is 2. The molecule has 5 heteroatoms. The second kappa shape index (κ2) is 7.21. The lowest BCUT2D eigenvalue weighted by Gasteiger charge is -2.37. The van der Waals surface area contributed by atoms with E-state index in [-0.39, 0.29) is 6.03 Å². The molecular formula is C18H27N3O2. The van der Waals surface area contributed by atoms with Gasteiger partial charge in [0, 0.05) is 25.7 Å². The van der Waals surface area contributed by atoms with E-state index in [0.29, 0.717) is 19.2 Å². The van der Waals surface area contributed by atoms with Crippen LogP contribution in [0.1, 0.15) is 24.0 Å². The molecular weight excluding hydrogens is 290 g/mol. The van der Waals surface area contributed by atoms with Crippen LogP contribution in [0.4, 0.5) is 4.79 Å². The molecule has 0 aliphatic carbocycles. The second-order valence-electron chi connectivity index (χ2n) is 6.58. The summed E-state index contributed by atoms with van der Waals surface area (Å²) in [5.41, 5.74) is 2.27. The number of benzene rings is 1. The Kier molecular flexibility index (Phi) is 5.06. The van der Waals surface area contributed by atoms with E-state index in [9.17, 15) is 4.79 Å². The van der Waals surface area contributed by atoms with Crippen molar-refractivity contribution in [2.24, 2.45) is 0 Å². The zero-order chi connectivity index (χ0) is 16.2. The molecule has 0 unspecified atom stereocenters. The molecule has 2 aliphatic rings. The van der Waals surface area contributed by atoms with Crippen molar-refractivity contribution in [2.45, 2.75) is 32.7 Å². The fraction of sp³-hybridized carbons (Fsp3) is 0.611. The lowest BCUT2D eigenvalue weighted by atomic mass is 10.1. The van der Waals surface area contributed by atoms with Crippen molar-refractivity contribution in [2.75, 3.05) is 39.3 Å². The molecule has 1 atom stereocenters. The van der Waals surface area contributed by atoms with Gasteiger partial charge in [-0.3, -0.25) is 4.90 Å². The van der Waals surface area contributed by atoms with Crippen LogP contribution in [0.2, 0.25) is 0 Å². The van der Waals surface area contributed by atoms with E-state index in [2.05, 4.69) is 10.2 Å². The zero-order valence-corrected chi connectivity index (χ0v) is 14.2. The summed E-state index contributed by atoms with van der Waals surface area (Å²) in [4.78, 5) is 16.7. The minimum Gasteiger partial charge on any atom is -0.491 e. The normalized spacial score (nSPS) is 21.1. The predicted molar refractivity (Wildman–Crippen MR) is 91.0 cm³/mol. The average Bonchev–Trinajstić information content (AvgIpc) is 3.01. The van der Waals surface area contributed by atoms with Crippen molar-refractivity contribution >= 4 is 6.03 Å². The number of para-hydroxylation sites is 1. The van der Waals surface area contributed by atoms with Crippen molar-refractivity contribution in [3.05, 3.63) is 29.3 Å². The number of urea groups is 1. The van der Waals surface area contributed by atoms with Gasteiger partial charge in [0.15, 0.2) is 0 Å². The van der Waals surface area contributed by atoms with E-state index < -0.39 is 0 Å². The topological polar surface area (TPSA) is 44.8 Å². The predicted octanol–water partition coefficient (Wildman–Crippen LogP) is 2.17. The Morgan fingerprint density at radius 1 is 1.26 bits per heavy atom. The molecule has 2 heterocycles. The highest BCUT2D eigenvalue weighted by atomic mass is 16.5. The van der Waals surface area contributed by atoms with E-state index >= 15 is 0 Å². The highest BCUT2D eigenvalue weighted by molar-refractivity contribution is 5.74. The molecule has 1 N–H and O–H groups in total. The number of piperazine rings is 1. The molecule has 0 aromatic heterocycles. The fourth-order valence-corrected chi connectivity index (χ4v) is 3.63. The van der Waals surface area contributed by atoms with Crippen molar-refractivity contribution in [1.82, 2.24) is 15.1 Å². The maximum atomic E-state index is 12.3. The molecule has 1 aromatic carbocycles. The highest BCUT2D eigenvalue weighted by Crippen LogP contribution is 2.22. The van der Waals surface area contributed by atoms with Gasteiger partial charge in [0.1, 0.15) is 12.4 Å². The Bertz CT molecular complexity index is 541. The van der Waals surface area contributed by atoms with Crippen LogP contribution in [0, 0.1) is 13.8 Å². The minimum absolute atomic E-state index is 0.0432. The molecule has 3 rings (SSSR count). The highest BCUT2D eigenvalue weighted by Gasteiger charge is 2.32. The van der Waals surface area contributed by atoms with Crippen LogP contribution in [-0.4, -0.2) is 61.2 Å². The largest absolute Gasteiger partial charge is 0.491 e. The third-order valence-electron chi connectivity index (χ3n) is 4.91. The number of fused-ring (bicyclic) bond motifs is 1. The number of carbonyl (C=O) groups is 1. The Balaban J connectivity index is 1.41. The first-order valence-electron chi connectivity index (χ1n) is 8.61. The minimum atomic E-state index is 0.0432. The molecule has 0 saturated carbocycles. The van der Waals surface area contributed by atoms with E-state index in [1.54, 1.807) is 0 Å². The van der Waals surface area contributed by atoms with Gasteiger partial charge in [0.05, 0.1) is 6.54 Å². The number of carbonyl (C=O) groups excluding carboxylic acids is 1. The molecule has 2 aliphatic heterocycles. The summed E-state index contributed by atoms with van der Waals surface area (Å²) < 4.78 is 5.83. The van der Waals surface area contributed by atoms with Gasteiger partial charge in [-0.25, -0.2) is 4.79 Å². The number of nitrogens with one attached hydrogen (secondary N) is 1. The summed E-state index contributed by atoms with van der Waals surface area (Å²) in [6.07, 6.45) is 2.49. The SMILES string of the molecule is Cc1cccc(C)c1OCCNC(=O)N1CCN2CCC[C@H]2C1. The molecule has 126 valence electrons. The lowest BCUT2D eigenvalue weighted by Crippen LogP contribution is -2.54. The van der Waals surface area contributed by atoms with E-state index in [1.807, 2.05) is 36.9 Å². The van der Waals surface area contributed by atoms with Gasteiger partial charge in [0.2, 0.25) is 0 Å². The number of hydrogen-bond donors (Lipinski definition) is 1. The Morgan fingerprint density at radius 2 is 2.04 bits per heavy atom. The number of amides is 2. The smallest absolute Gasteiger partial charge is 0.317 e. The van der Waals surface area contributed by atoms with Crippen molar-refractivity contribution in [1.29, 1.82) is 0 Å². The van der Waals surface area contributed by atoms with E-state index in [4.69, 9.17) is 4.74 Å². The van der Waals surface area contributed by atoms with Crippen LogP contribution in [0.15, 0.2) is 18.2 Å². The van der Waals surface area contributed by atoms with Crippen LogP contribution in [-0.2, 0) is 0 Å². The van der Waals surface area contributed by atoms with Gasteiger partial charge < -0.3 is 15.0 Å². The maximum Gasteiger partial charge on any atom is 0.317 e. The van der Waals surface area contributed by atoms with E-state index in [1.165, 1.54) is 19.4 Å². The van der Waals surface area contributed by atoms with Crippen molar-refractivity contribution in [3.8, 4) is 5.75 Å². The lowest BCUT2D eigenvalue weighted by molar-refractivity contribution is 0.117. The van der Waals surface area contributed by atoms with Gasteiger partial charge in [-0.15, -0.1) is 0 Å². The molecule has 1 aromatic rings. The Morgan fingerprint density at radius 3 is 2.83 bits per heavy atom. The Labute approximate surface area is 138 Å². The zero-order valence-electron chi connectivity index (χ0n) is 14.2. The van der Waals surface area contributed by atoms with Crippen LogP contribution >= 0.6 is 0 Å². The molecule has 2 fully saturated rings. The van der Waals surface area contributed by atoms with Gasteiger partial charge in [-0.05, 0) is 44.4 Å². The molecule has 0 radical (unpaired) electrons. The van der Waals surface area contributed by atoms with Crippen LogP contribution < -0.4 is 10.1 Å². The van der Waals surface area contributed by atoms with Crippen molar-refractivity contribution in [3.63, 3.8) is 0 Å². The molecule has 23 heavy (non-hydrogen) atoms. The Hall–Kier alpha value is -1.75. The van der Waals surface area contributed by atoms with Gasteiger partial charge in [-0.2, -0.15) is 0 Å². The third kappa shape index (κ3) is 3.78. The number of nitrogens with zero attached hydrogens (tertiary/aromatic N) is 2. The maximum absolute atomic E-state index is 12.3. The summed E-state index contributed by atoms with van der Waals surface area (Å²) in [7, 11) is 0. The van der Waals surface area contributed by atoms with Crippen LogP contribution in [0.5, 0.6) is 5.75 Å². The standard InChI is InChI=1S/C18H27N3O2/c1-14-5-3-6-15(2)17(14)23-12-8-19-18(22)21-11-10-20-9-4-7-16(20)13-21/h3,5-6,16H,4,7-13H2,1-2H3,(H,19,22)/t16-/m0/s1. The summed E-state index contributed by atoms with van der Waals surface area (Å²) in [6.45, 7) is 9.03. The van der Waals surface area contributed by atoms with Gasteiger partial charge in [-0.1, -0.05) is 18.2 Å². The van der Waals surface area contributed by atoms with E-state index in [0.717, 1.165) is 36.5 Å². The monoisotopic (exact) mass is 317 g/mol.